The lowest BCUT2D eigenvalue weighted by Crippen LogP contribution is -2.65. The lowest BCUT2D eigenvalue weighted by atomic mass is 9.73. The molecule has 3 saturated heterocycles. The molecule has 4 heteroatoms. The molecule has 0 aromatic heterocycles. The molecular formula is C16H21ClO3. The summed E-state index contributed by atoms with van der Waals surface area (Å²) in [6.45, 7) is 7.11. The molecule has 3 fully saturated rings. The number of fused-ring (bicyclic) bond motifs is 3. The SMILES string of the molecule is CCCC12COC(c3ccc(Cl)cc3)(OC1C)OC2C. The normalized spacial score (nSPS) is 40.0. The van der Waals surface area contributed by atoms with Gasteiger partial charge in [-0.25, -0.2) is 0 Å². The van der Waals surface area contributed by atoms with Crippen molar-refractivity contribution in [3.63, 3.8) is 0 Å². The van der Waals surface area contributed by atoms with Crippen LogP contribution < -0.4 is 0 Å². The summed E-state index contributed by atoms with van der Waals surface area (Å²) in [7, 11) is 0. The maximum absolute atomic E-state index is 6.14. The van der Waals surface area contributed by atoms with Crippen LogP contribution in [0.5, 0.6) is 0 Å². The number of benzene rings is 1. The fraction of sp³-hybridized carbons (Fsp3) is 0.625. The van der Waals surface area contributed by atoms with Crippen molar-refractivity contribution in [3.8, 4) is 0 Å². The van der Waals surface area contributed by atoms with Gasteiger partial charge in [0.15, 0.2) is 0 Å². The second-order valence-electron chi connectivity index (χ2n) is 5.86. The minimum atomic E-state index is -1.07. The molecule has 0 spiro atoms. The largest absolute Gasteiger partial charge is 0.323 e. The van der Waals surface area contributed by atoms with Crippen LogP contribution in [0.3, 0.4) is 0 Å². The summed E-state index contributed by atoms with van der Waals surface area (Å²) in [5, 5.41) is 0.693. The first-order chi connectivity index (χ1) is 9.52. The molecule has 0 radical (unpaired) electrons. The summed E-state index contributed by atoms with van der Waals surface area (Å²) in [5.74, 6) is -1.07. The molecule has 110 valence electrons. The van der Waals surface area contributed by atoms with Gasteiger partial charge in [0.1, 0.15) is 0 Å². The molecule has 2 unspecified atom stereocenters. The van der Waals surface area contributed by atoms with Crippen molar-refractivity contribution < 1.29 is 14.2 Å². The topological polar surface area (TPSA) is 27.7 Å². The van der Waals surface area contributed by atoms with Crippen LogP contribution in [0.1, 0.15) is 39.2 Å². The van der Waals surface area contributed by atoms with Crippen LogP contribution >= 0.6 is 11.6 Å². The third kappa shape index (κ3) is 2.00. The molecule has 20 heavy (non-hydrogen) atoms. The van der Waals surface area contributed by atoms with Crippen LogP contribution in [0.4, 0.5) is 0 Å². The Morgan fingerprint density at radius 1 is 1.15 bits per heavy atom. The quantitative estimate of drug-likeness (QED) is 0.841. The lowest BCUT2D eigenvalue weighted by Gasteiger charge is -2.58. The average Bonchev–Trinajstić information content (AvgIpc) is 2.42. The van der Waals surface area contributed by atoms with E-state index < -0.39 is 5.97 Å². The monoisotopic (exact) mass is 296 g/mol. The summed E-state index contributed by atoms with van der Waals surface area (Å²) < 4.78 is 18.3. The van der Waals surface area contributed by atoms with Gasteiger partial charge in [-0.3, -0.25) is 0 Å². The van der Waals surface area contributed by atoms with E-state index >= 15 is 0 Å². The van der Waals surface area contributed by atoms with E-state index in [4.69, 9.17) is 25.8 Å². The van der Waals surface area contributed by atoms with Crippen molar-refractivity contribution in [1.29, 1.82) is 0 Å². The number of hydrogen-bond acceptors (Lipinski definition) is 3. The Bertz CT molecular complexity index is 473. The highest BCUT2D eigenvalue weighted by atomic mass is 35.5. The first-order valence-corrected chi connectivity index (χ1v) is 7.66. The Morgan fingerprint density at radius 2 is 1.75 bits per heavy atom. The highest BCUT2D eigenvalue weighted by Crippen LogP contribution is 2.53. The van der Waals surface area contributed by atoms with E-state index in [1.54, 1.807) is 0 Å². The van der Waals surface area contributed by atoms with E-state index in [0.29, 0.717) is 11.6 Å². The third-order valence-electron chi connectivity index (χ3n) is 4.73. The molecule has 1 aromatic rings. The highest BCUT2D eigenvalue weighted by molar-refractivity contribution is 6.30. The van der Waals surface area contributed by atoms with Crippen molar-refractivity contribution >= 4 is 11.6 Å². The molecule has 0 saturated carbocycles. The summed E-state index contributed by atoms with van der Waals surface area (Å²) in [6, 6.07) is 7.47. The molecule has 2 bridgehead atoms. The zero-order chi connectivity index (χ0) is 14.4. The predicted molar refractivity (Wildman–Crippen MR) is 77.5 cm³/mol. The van der Waals surface area contributed by atoms with Crippen LogP contribution in [-0.2, 0) is 20.2 Å². The number of hydrogen-bond donors (Lipinski definition) is 0. The Labute approximate surface area is 125 Å². The maximum Gasteiger partial charge on any atom is 0.312 e. The van der Waals surface area contributed by atoms with E-state index in [1.165, 1.54) is 0 Å². The van der Waals surface area contributed by atoms with E-state index in [1.807, 2.05) is 24.3 Å². The fourth-order valence-electron chi connectivity index (χ4n) is 3.41. The molecule has 0 aliphatic carbocycles. The first kappa shape index (κ1) is 14.3. The van der Waals surface area contributed by atoms with Crippen molar-refractivity contribution in [2.75, 3.05) is 6.61 Å². The van der Waals surface area contributed by atoms with Gasteiger partial charge < -0.3 is 14.2 Å². The van der Waals surface area contributed by atoms with E-state index in [-0.39, 0.29) is 17.6 Å². The van der Waals surface area contributed by atoms with Crippen molar-refractivity contribution in [2.24, 2.45) is 5.41 Å². The maximum atomic E-state index is 6.14. The Balaban J connectivity index is 1.93. The van der Waals surface area contributed by atoms with Gasteiger partial charge in [0.25, 0.3) is 0 Å². The zero-order valence-corrected chi connectivity index (χ0v) is 12.9. The van der Waals surface area contributed by atoms with E-state index in [2.05, 4.69) is 20.8 Å². The van der Waals surface area contributed by atoms with Gasteiger partial charge in [0.05, 0.1) is 18.8 Å². The summed E-state index contributed by atoms with van der Waals surface area (Å²) in [4.78, 5) is 0. The standard InChI is InChI=1S/C16H21ClO3/c1-4-9-15-10-18-16(19-11(15)2,20-12(15)3)13-5-7-14(17)8-6-13/h5-8,11-12H,4,9-10H2,1-3H3. The lowest BCUT2D eigenvalue weighted by molar-refractivity contribution is -0.515. The van der Waals surface area contributed by atoms with Crippen LogP contribution in [0.25, 0.3) is 0 Å². The Hall–Kier alpha value is -0.610. The van der Waals surface area contributed by atoms with Crippen LogP contribution in [-0.4, -0.2) is 18.8 Å². The smallest absolute Gasteiger partial charge is 0.312 e. The van der Waals surface area contributed by atoms with Gasteiger partial charge in [-0.2, -0.15) is 0 Å². The van der Waals surface area contributed by atoms with Gasteiger partial charge in [-0.1, -0.05) is 24.9 Å². The number of ether oxygens (including phenoxy) is 3. The molecular weight excluding hydrogens is 276 g/mol. The van der Waals surface area contributed by atoms with Gasteiger partial charge in [0.2, 0.25) is 0 Å². The number of rotatable bonds is 3. The molecule has 0 amide bonds. The molecule has 2 atom stereocenters. The van der Waals surface area contributed by atoms with Gasteiger partial charge in [-0.15, -0.1) is 0 Å². The summed E-state index contributed by atoms with van der Waals surface area (Å²) in [6.07, 6.45) is 2.36. The second kappa shape index (κ2) is 4.99. The molecule has 3 heterocycles. The van der Waals surface area contributed by atoms with Crippen molar-refractivity contribution in [3.05, 3.63) is 34.9 Å². The van der Waals surface area contributed by atoms with Crippen LogP contribution in [0, 0.1) is 5.41 Å². The molecule has 3 aliphatic heterocycles. The van der Waals surface area contributed by atoms with Gasteiger partial charge in [-0.05, 0) is 44.5 Å². The molecule has 3 nitrogen and oxygen atoms in total. The predicted octanol–water partition coefficient (Wildman–Crippen LogP) is 4.09. The Kier molecular flexibility index (Phi) is 3.57. The second-order valence-corrected chi connectivity index (χ2v) is 6.29. The van der Waals surface area contributed by atoms with Crippen molar-refractivity contribution in [1.82, 2.24) is 0 Å². The van der Waals surface area contributed by atoms with Crippen LogP contribution in [0.2, 0.25) is 5.02 Å². The molecule has 0 N–H and O–H groups in total. The Morgan fingerprint density at radius 3 is 2.25 bits per heavy atom. The minimum absolute atomic E-state index is 0.0388. The molecule has 4 rings (SSSR count). The van der Waals surface area contributed by atoms with Crippen molar-refractivity contribution in [2.45, 2.75) is 51.8 Å². The first-order valence-electron chi connectivity index (χ1n) is 7.28. The zero-order valence-electron chi connectivity index (χ0n) is 12.2. The van der Waals surface area contributed by atoms with E-state index in [0.717, 1.165) is 18.4 Å². The molecule has 1 aromatic carbocycles. The van der Waals surface area contributed by atoms with E-state index in [9.17, 15) is 0 Å². The average molecular weight is 297 g/mol. The number of halogens is 1. The summed E-state index contributed by atoms with van der Waals surface area (Å²) in [5.41, 5.74) is 0.827. The fourth-order valence-corrected chi connectivity index (χ4v) is 3.53. The highest BCUT2D eigenvalue weighted by Gasteiger charge is 2.60. The summed E-state index contributed by atoms with van der Waals surface area (Å²) >= 11 is 5.95. The van der Waals surface area contributed by atoms with Gasteiger partial charge in [0, 0.05) is 16.0 Å². The van der Waals surface area contributed by atoms with Crippen LogP contribution in [0.15, 0.2) is 24.3 Å². The molecule has 3 aliphatic rings. The third-order valence-corrected chi connectivity index (χ3v) is 4.98. The minimum Gasteiger partial charge on any atom is -0.323 e. The van der Waals surface area contributed by atoms with Gasteiger partial charge >= 0.3 is 5.97 Å².